The Morgan fingerprint density at radius 2 is 1.52 bits per heavy atom. The monoisotopic (exact) mass is 398 g/mol. The smallest absolute Gasteiger partial charge is 0.289 e. The van der Waals surface area contributed by atoms with Crippen LogP contribution in [0.15, 0.2) is 61.2 Å². The zero-order chi connectivity index (χ0) is 20.7. The molecule has 29 heavy (non-hydrogen) atoms. The number of hydrogen-bond acceptors (Lipinski definition) is 1. The summed E-state index contributed by atoms with van der Waals surface area (Å²) < 4.78 is 41.0. The molecule has 0 radical (unpaired) electrons. The molecule has 2 aromatic rings. The summed E-state index contributed by atoms with van der Waals surface area (Å²) in [5.74, 6) is 6.51. The Morgan fingerprint density at radius 1 is 0.931 bits per heavy atom. The molecule has 0 unspecified atom stereocenters. The quantitative estimate of drug-likeness (QED) is 0.392. The topological polar surface area (TPSA) is 9.23 Å². The molecule has 0 heterocycles. The van der Waals surface area contributed by atoms with E-state index in [1.54, 1.807) is 0 Å². The first-order valence-electron chi connectivity index (χ1n) is 9.99. The Hall–Kier alpha value is -2.51. The van der Waals surface area contributed by atoms with E-state index in [1.807, 2.05) is 18.2 Å². The van der Waals surface area contributed by atoms with Crippen LogP contribution in [0.1, 0.15) is 43.2 Å². The normalized spacial score (nSPS) is 19.3. The van der Waals surface area contributed by atoms with Crippen LogP contribution in [-0.4, -0.2) is 12.5 Å². The third-order valence-corrected chi connectivity index (χ3v) is 5.20. The second kappa shape index (κ2) is 9.80. The highest BCUT2D eigenvalue weighted by molar-refractivity contribution is 5.64. The van der Waals surface area contributed by atoms with Crippen LogP contribution in [-0.2, 0) is 11.2 Å². The van der Waals surface area contributed by atoms with Gasteiger partial charge in [-0.2, -0.15) is 0 Å². The van der Waals surface area contributed by atoms with Crippen LogP contribution < -0.4 is 0 Å². The highest BCUT2D eigenvalue weighted by Crippen LogP contribution is 2.30. The predicted molar refractivity (Wildman–Crippen MR) is 110 cm³/mol. The number of halogens is 3. The van der Waals surface area contributed by atoms with Crippen LogP contribution in [0.2, 0.25) is 0 Å². The highest BCUT2D eigenvalue weighted by atomic mass is 19.4. The van der Waals surface area contributed by atoms with Gasteiger partial charge in [-0.25, -0.2) is 0 Å². The number of benzene rings is 2. The van der Waals surface area contributed by atoms with Gasteiger partial charge in [-0.1, -0.05) is 54.3 Å². The van der Waals surface area contributed by atoms with Crippen LogP contribution in [0.3, 0.4) is 0 Å². The number of alkyl halides is 3. The Morgan fingerprint density at radius 3 is 2.07 bits per heavy atom. The fraction of sp³-hybridized carbons (Fsp3) is 0.360. The summed E-state index contributed by atoms with van der Waals surface area (Å²) >= 11 is 0. The lowest BCUT2D eigenvalue weighted by atomic mass is 9.87. The lowest BCUT2D eigenvalue weighted by Gasteiger charge is -2.26. The predicted octanol–water partition coefficient (Wildman–Crippen LogP) is 6.92. The van der Waals surface area contributed by atoms with Crippen molar-refractivity contribution >= 4 is 0 Å². The van der Waals surface area contributed by atoms with Crippen molar-refractivity contribution in [3.8, 4) is 23.0 Å². The minimum atomic E-state index is -4.54. The Bertz CT molecular complexity index is 846. The minimum absolute atomic E-state index is 0.130. The van der Waals surface area contributed by atoms with Crippen LogP contribution in [0.25, 0.3) is 11.1 Å². The van der Waals surface area contributed by atoms with E-state index in [4.69, 9.17) is 0 Å². The van der Waals surface area contributed by atoms with Crippen molar-refractivity contribution in [2.75, 3.05) is 0 Å². The third-order valence-electron chi connectivity index (χ3n) is 5.20. The van der Waals surface area contributed by atoms with Gasteiger partial charge in [0.15, 0.2) is 0 Å². The molecule has 0 aromatic heterocycles. The van der Waals surface area contributed by atoms with Gasteiger partial charge < -0.3 is 0 Å². The maximum Gasteiger partial charge on any atom is 0.522 e. The molecule has 0 aliphatic heterocycles. The molecule has 0 spiro atoms. The maximum atomic E-state index is 12.3. The third kappa shape index (κ3) is 6.80. The fourth-order valence-corrected chi connectivity index (χ4v) is 3.58. The molecular weight excluding hydrogens is 373 g/mol. The summed E-state index contributed by atoms with van der Waals surface area (Å²) in [6.45, 7) is 3.75. The molecule has 1 nitrogen and oxygen atoms in total. The van der Waals surface area contributed by atoms with E-state index in [0.29, 0.717) is 25.7 Å². The van der Waals surface area contributed by atoms with E-state index >= 15 is 0 Å². The number of ether oxygens (including phenoxy) is 1. The van der Waals surface area contributed by atoms with E-state index in [1.165, 1.54) is 5.56 Å². The summed E-state index contributed by atoms with van der Waals surface area (Å²) in [5.41, 5.74) is 4.52. The van der Waals surface area contributed by atoms with Gasteiger partial charge in [0.25, 0.3) is 0 Å². The Kier molecular flexibility index (Phi) is 7.17. The molecule has 0 N–H and O–H groups in total. The first-order chi connectivity index (χ1) is 13.9. The first kappa shape index (κ1) is 21.2. The Labute approximate surface area is 170 Å². The lowest BCUT2D eigenvalue weighted by molar-refractivity contribution is -0.345. The lowest BCUT2D eigenvalue weighted by Crippen LogP contribution is -2.27. The molecule has 0 amide bonds. The maximum absolute atomic E-state index is 12.3. The Balaban J connectivity index is 1.54. The van der Waals surface area contributed by atoms with Gasteiger partial charge >= 0.3 is 6.36 Å². The number of rotatable bonds is 5. The molecule has 0 saturated heterocycles. The minimum Gasteiger partial charge on any atom is -0.289 e. The van der Waals surface area contributed by atoms with Gasteiger partial charge in [-0.3, -0.25) is 4.74 Å². The van der Waals surface area contributed by atoms with Crippen molar-refractivity contribution in [1.82, 2.24) is 0 Å². The van der Waals surface area contributed by atoms with Gasteiger partial charge in [0, 0.05) is 11.5 Å². The number of hydrogen-bond donors (Lipinski definition) is 0. The molecule has 1 aliphatic carbocycles. The molecule has 0 bridgehead atoms. The average molecular weight is 398 g/mol. The summed E-state index contributed by atoms with van der Waals surface area (Å²) in [5, 5.41) is 0. The van der Waals surface area contributed by atoms with Crippen molar-refractivity contribution in [2.45, 2.75) is 51.0 Å². The summed E-state index contributed by atoms with van der Waals surface area (Å²) in [4.78, 5) is 0. The molecule has 0 atom stereocenters. The first-order valence-corrected chi connectivity index (χ1v) is 9.99. The SMILES string of the molecule is C=CCCc1ccc(-c2ccc(C#C[C@H]3CC[C@H](OC(F)(F)F)CC3)cc2)cc1. The van der Waals surface area contributed by atoms with Gasteiger partial charge in [0.2, 0.25) is 0 Å². The van der Waals surface area contributed by atoms with Crippen molar-refractivity contribution in [2.24, 2.45) is 5.92 Å². The highest BCUT2D eigenvalue weighted by Gasteiger charge is 2.35. The van der Waals surface area contributed by atoms with Gasteiger partial charge in [-0.15, -0.1) is 19.8 Å². The average Bonchev–Trinajstić information content (AvgIpc) is 2.71. The molecule has 1 aliphatic rings. The fourth-order valence-electron chi connectivity index (χ4n) is 3.58. The van der Waals surface area contributed by atoms with Crippen molar-refractivity contribution in [1.29, 1.82) is 0 Å². The number of aryl methyl sites for hydroxylation is 1. The zero-order valence-corrected chi connectivity index (χ0v) is 16.3. The van der Waals surface area contributed by atoms with Crippen molar-refractivity contribution in [3.05, 3.63) is 72.3 Å². The summed E-state index contributed by atoms with van der Waals surface area (Å²) in [6, 6.07) is 16.6. The van der Waals surface area contributed by atoms with E-state index in [9.17, 15) is 13.2 Å². The molecule has 4 heteroatoms. The molecule has 3 rings (SSSR count). The van der Waals surface area contributed by atoms with Crippen molar-refractivity contribution in [3.63, 3.8) is 0 Å². The van der Waals surface area contributed by atoms with Gasteiger partial charge in [0.1, 0.15) is 0 Å². The zero-order valence-electron chi connectivity index (χ0n) is 16.3. The molecule has 2 aromatic carbocycles. The van der Waals surface area contributed by atoms with Gasteiger partial charge in [0.05, 0.1) is 6.10 Å². The molecule has 152 valence electrons. The van der Waals surface area contributed by atoms with E-state index in [2.05, 4.69) is 59.6 Å². The summed E-state index contributed by atoms with van der Waals surface area (Å²) in [7, 11) is 0. The molecular formula is C25H25F3O. The van der Waals surface area contributed by atoms with Crippen LogP contribution in [0, 0.1) is 17.8 Å². The van der Waals surface area contributed by atoms with E-state index < -0.39 is 12.5 Å². The molecule has 1 fully saturated rings. The van der Waals surface area contributed by atoms with Crippen molar-refractivity contribution < 1.29 is 17.9 Å². The van der Waals surface area contributed by atoms with Crippen LogP contribution >= 0.6 is 0 Å². The second-order valence-electron chi connectivity index (χ2n) is 7.41. The molecule has 1 saturated carbocycles. The number of allylic oxidation sites excluding steroid dienone is 1. The largest absolute Gasteiger partial charge is 0.522 e. The van der Waals surface area contributed by atoms with Crippen LogP contribution in [0.4, 0.5) is 13.2 Å². The second-order valence-corrected chi connectivity index (χ2v) is 7.41. The van der Waals surface area contributed by atoms with E-state index in [-0.39, 0.29) is 5.92 Å². The summed E-state index contributed by atoms with van der Waals surface area (Å²) in [6.07, 6.45) is 0.726. The van der Waals surface area contributed by atoms with Crippen LogP contribution in [0.5, 0.6) is 0 Å². The van der Waals surface area contributed by atoms with E-state index in [0.717, 1.165) is 29.5 Å². The standard InChI is InChI=1S/C25H25F3O/c1-2-3-4-19-7-13-22(14-8-19)23-15-9-20(10-16-23)5-6-21-11-17-24(18-12-21)29-25(26,27)28/h2,7-10,13-16,21,24H,1,3-4,11-12,17-18H2/t21-,24-. The van der Waals surface area contributed by atoms with Gasteiger partial charge in [-0.05, 0) is 67.3 Å².